The molecule has 0 bridgehead atoms. The van der Waals surface area contributed by atoms with Gasteiger partial charge in [-0.3, -0.25) is 9.40 Å². The molecule has 2 heterocycles. The van der Waals surface area contributed by atoms with Crippen molar-refractivity contribution < 1.29 is 22.4 Å². The van der Waals surface area contributed by atoms with Gasteiger partial charge in [0.1, 0.15) is 21.8 Å². The molecule has 9 nitrogen and oxygen atoms in total. The van der Waals surface area contributed by atoms with Gasteiger partial charge in [-0.15, -0.1) is 0 Å². The van der Waals surface area contributed by atoms with Crippen molar-refractivity contribution in [3.63, 3.8) is 0 Å². The fraction of sp³-hybridized carbons (Fsp3) is 0.200. The fourth-order valence-corrected chi connectivity index (χ4v) is 4.86. The Kier molecular flexibility index (Phi) is 5.63. The second-order valence-corrected chi connectivity index (χ2v) is 9.27. The summed E-state index contributed by atoms with van der Waals surface area (Å²) in [5.41, 5.74) is 2.09. The third kappa shape index (κ3) is 4.10. The van der Waals surface area contributed by atoms with Crippen LogP contribution < -0.4 is 14.2 Å². The Morgan fingerprint density at radius 2 is 1.94 bits per heavy atom. The van der Waals surface area contributed by atoms with Crippen LogP contribution >= 0.6 is 15.9 Å². The van der Waals surface area contributed by atoms with E-state index >= 15 is 0 Å². The van der Waals surface area contributed by atoms with E-state index in [4.69, 9.17) is 14.0 Å². The summed E-state index contributed by atoms with van der Waals surface area (Å²) in [6, 6.07) is 8.52. The third-order valence-corrected chi connectivity index (χ3v) is 6.90. The topological polar surface area (TPSA) is 108 Å². The van der Waals surface area contributed by atoms with Crippen LogP contribution in [0.1, 0.15) is 11.1 Å². The van der Waals surface area contributed by atoms with Crippen molar-refractivity contribution in [2.75, 3.05) is 18.9 Å². The molecular formula is C20H19BrN4O5S. The number of nitrogens with one attached hydrogen (secondary N) is 1. The predicted octanol–water partition coefficient (Wildman–Crippen LogP) is 3.96. The zero-order chi connectivity index (χ0) is 22.2. The zero-order valence-electron chi connectivity index (χ0n) is 16.9. The molecule has 2 aromatic carbocycles. The summed E-state index contributed by atoms with van der Waals surface area (Å²) in [5.74, 6) is 0.668. The molecule has 0 fully saturated rings. The Labute approximate surface area is 187 Å². The average molecular weight is 507 g/mol. The van der Waals surface area contributed by atoms with Gasteiger partial charge in [-0.1, -0.05) is 21.1 Å². The zero-order valence-corrected chi connectivity index (χ0v) is 19.3. The van der Waals surface area contributed by atoms with E-state index in [0.29, 0.717) is 27.7 Å². The van der Waals surface area contributed by atoms with Crippen molar-refractivity contribution in [1.82, 2.24) is 14.9 Å². The number of fused-ring (bicyclic) bond motifs is 1. The van der Waals surface area contributed by atoms with Gasteiger partial charge in [-0.05, 0) is 48.4 Å². The Morgan fingerprint density at radius 3 is 2.61 bits per heavy atom. The second kappa shape index (κ2) is 8.23. The summed E-state index contributed by atoms with van der Waals surface area (Å²) < 4.78 is 47.3. The minimum absolute atomic E-state index is 0.0243. The minimum atomic E-state index is -4.03. The van der Waals surface area contributed by atoms with E-state index in [9.17, 15) is 8.42 Å². The summed E-state index contributed by atoms with van der Waals surface area (Å²) >= 11 is 3.37. The summed E-state index contributed by atoms with van der Waals surface area (Å²) in [6.07, 6.45) is 3.53. The molecule has 4 rings (SSSR count). The first-order valence-corrected chi connectivity index (χ1v) is 11.4. The standard InChI is InChI=1S/C20H19BrN4O5S/c1-12-7-15(28-2)18(10-14(12)21)31(26,27)24-20-19-16(29-3)8-13(9-17(19)30-23-20)11-25-6-4-5-22-25/h4-10H,11H2,1-3H3,(H,23,24). The van der Waals surface area contributed by atoms with Crippen molar-refractivity contribution in [1.29, 1.82) is 0 Å². The van der Waals surface area contributed by atoms with Crippen LogP contribution in [0.4, 0.5) is 5.82 Å². The molecule has 1 N–H and O–H groups in total. The molecule has 2 aromatic heterocycles. The lowest BCUT2D eigenvalue weighted by Gasteiger charge is -2.13. The number of aromatic nitrogens is 3. The summed E-state index contributed by atoms with van der Waals surface area (Å²) in [6.45, 7) is 2.34. The number of anilines is 1. The smallest absolute Gasteiger partial charge is 0.266 e. The molecule has 0 spiro atoms. The van der Waals surface area contributed by atoms with Crippen LogP contribution in [0.5, 0.6) is 11.5 Å². The molecule has 0 saturated carbocycles. The maximum atomic E-state index is 13.1. The molecule has 31 heavy (non-hydrogen) atoms. The highest BCUT2D eigenvalue weighted by atomic mass is 79.9. The van der Waals surface area contributed by atoms with Gasteiger partial charge >= 0.3 is 0 Å². The van der Waals surface area contributed by atoms with Gasteiger partial charge in [0.15, 0.2) is 11.4 Å². The molecule has 0 atom stereocenters. The molecule has 0 radical (unpaired) electrons. The second-order valence-electron chi connectivity index (χ2n) is 6.76. The summed E-state index contributed by atoms with van der Waals surface area (Å²) in [7, 11) is -1.12. The van der Waals surface area contributed by atoms with Gasteiger partial charge in [0.2, 0.25) is 0 Å². The van der Waals surface area contributed by atoms with Gasteiger partial charge in [-0.2, -0.15) is 5.10 Å². The molecule has 11 heteroatoms. The molecular weight excluding hydrogens is 488 g/mol. The van der Waals surface area contributed by atoms with E-state index in [1.54, 1.807) is 29.1 Å². The number of halogens is 1. The van der Waals surface area contributed by atoms with Gasteiger partial charge in [0.05, 0.1) is 20.8 Å². The largest absolute Gasteiger partial charge is 0.496 e. The Balaban J connectivity index is 1.74. The highest BCUT2D eigenvalue weighted by Crippen LogP contribution is 2.36. The van der Waals surface area contributed by atoms with Crippen LogP contribution in [-0.2, 0) is 16.6 Å². The Morgan fingerprint density at radius 1 is 1.16 bits per heavy atom. The maximum Gasteiger partial charge on any atom is 0.266 e. The number of hydrogen-bond acceptors (Lipinski definition) is 7. The fourth-order valence-electron chi connectivity index (χ4n) is 3.18. The van der Waals surface area contributed by atoms with Crippen molar-refractivity contribution in [3.05, 3.63) is 58.3 Å². The Bertz CT molecular complexity index is 1350. The number of nitrogens with zero attached hydrogens (tertiary/aromatic N) is 3. The monoisotopic (exact) mass is 506 g/mol. The summed E-state index contributed by atoms with van der Waals surface area (Å²) in [5, 5.41) is 8.53. The number of methoxy groups -OCH3 is 2. The van der Waals surface area contributed by atoms with E-state index in [1.807, 2.05) is 19.2 Å². The van der Waals surface area contributed by atoms with E-state index in [-0.39, 0.29) is 16.5 Å². The van der Waals surface area contributed by atoms with E-state index in [1.165, 1.54) is 20.3 Å². The first-order chi connectivity index (χ1) is 14.8. The molecule has 0 aliphatic rings. The quantitative estimate of drug-likeness (QED) is 0.403. The predicted molar refractivity (Wildman–Crippen MR) is 118 cm³/mol. The average Bonchev–Trinajstić information content (AvgIpc) is 3.39. The number of benzene rings is 2. The Hall–Kier alpha value is -3.05. The molecule has 162 valence electrons. The van der Waals surface area contributed by atoms with Gasteiger partial charge in [-0.25, -0.2) is 8.42 Å². The van der Waals surface area contributed by atoms with Crippen molar-refractivity contribution in [3.8, 4) is 11.5 Å². The van der Waals surface area contributed by atoms with Crippen molar-refractivity contribution >= 4 is 42.7 Å². The van der Waals surface area contributed by atoms with Crippen LogP contribution in [0.15, 0.2) is 56.6 Å². The lowest BCUT2D eigenvalue weighted by atomic mass is 10.1. The van der Waals surface area contributed by atoms with Gasteiger partial charge < -0.3 is 14.0 Å². The van der Waals surface area contributed by atoms with E-state index in [0.717, 1.165) is 11.1 Å². The van der Waals surface area contributed by atoms with Crippen LogP contribution in [0.25, 0.3) is 11.0 Å². The number of ether oxygens (including phenoxy) is 2. The lowest BCUT2D eigenvalue weighted by molar-refractivity contribution is 0.402. The van der Waals surface area contributed by atoms with Crippen LogP contribution in [0.2, 0.25) is 0 Å². The normalized spacial score (nSPS) is 11.6. The molecule has 4 aromatic rings. The first kappa shape index (κ1) is 21.2. The van der Waals surface area contributed by atoms with E-state index in [2.05, 4.69) is 30.9 Å². The van der Waals surface area contributed by atoms with Crippen LogP contribution in [0, 0.1) is 6.92 Å². The highest BCUT2D eigenvalue weighted by Gasteiger charge is 2.25. The molecule has 0 aliphatic heterocycles. The van der Waals surface area contributed by atoms with Gasteiger partial charge in [0, 0.05) is 16.9 Å². The number of rotatable bonds is 7. The molecule has 0 unspecified atom stereocenters. The van der Waals surface area contributed by atoms with Crippen molar-refractivity contribution in [2.24, 2.45) is 0 Å². The number of sulfonamides is 1. The number of aryl methyl sites for hydroxylation is 1. The maximum absolute atomic E-state index is 13.1. The van der Waals surface area contributed by atoms with E-state index < -0.39 is 10.0 Å². The lowest BCUT2D eigenvalue weighted by Crippen LogP contribution is -2.15. The first-order valence-electron chi connectivity index (χ1n) is 9.13. The molecule has 0 aliphatic carbocycles. The minimum Gasteiger partial charge on any atom is -0.496 e. The molecule has 0 amide bonds. The third-order valence-electron chi connectivity index (χ3n) is 4.69. The van der Waals surface area contributed by atoms with Crippen molar-refractivity contribution in [2.45, 2.75) is 18.4 Å². The SMILES string of the molecule is COc1cc(C)c(Br)cc1S(=O)(=O)Nc1noc2cc(Cn3cccn3)cc(OC)c12. The summed E-state index contributed by atoms with van der Waals surface area (Å²) in [4.78, 5) is -0.0297. The van der Waals surface area contributed by atoms with Crippen LogP contribution in [-0.4, -0.2) is 37.6 Å². The van der Waals surface area contributed by atoms with Crippen LogP contribution in [0.3, 0.4) is 0 Å². The van der Waals surface area contributed by atoms with Gasteiger partial charge in [0.25, 0.3) is 10.0 Å². The molecule has 0 saturated heterocycles. The highest BCUT2D eigenvalue weighted by molar-refractivity contribution is 9.10. The number of hydrogen-bond donors (Lipinski definition) is 1.